The first-order chi connectivity index (χ1) is 14.6. The van der Waals surface area contributed by atoms with Gasteiger partial charge in [-0.1, -0.05) is 29.8 Å². The molecule has 1 saturated heterocycles. The number of amides is 2. The van der Waals surface area contributed by atoms with Gasteiger partial charge in [-0.25, -0.2) is 0 Å². The van der Waals surface area contributed by atoms with E-state index in [1.165, 1.54) is 5.56 Å². The van der Waals surface area contributed by atoms with Crippen molar-refractivity contribution in [2.45, 2.75) is 26.8 Å². The molecular weight excluding hydrogens is 378 g/mol. The van der Waals surface area contributed by atoms with Crippen LogP contribution in [-0.2, 0) is 11.3 Å². The van der Waals surface area contributed by atoms with Crippen LogP contribution in [0.15, 0.2) is 48.5 Å². The zero-order valence-corrected chi connectivity index (χ0v) is 17.9. The first-order valence-electron chi connectivity index (χ1n) is 10.6. The topological polar surface area (TPSA) is 61.9 Å². The van der Waals surface area contributed by atoms with Gasteiger partial charge in [0.15, 0.2) is 0 Å². The second kappa shape index (κ2) is 10.8. The van der Waals surface area contributed by atoms with E-state index in [0.29, 0.717) is 31.7 Å². The van der Waals surface area contributed by atoms with Crippen molar-refractivity contribution in [1.82, 2.24) is 15.1 Å². The number of piperazine rings is 1. The Balaban J connectivity index is 1.71. The summed E-state index contributed by atoms with van der Waals surface area (Å²) < 4.78 is 5.47. The third-order valence-electron chi connectivity index (χ3n) is 5.26. The summed E-state index contributed by atoms with van der Waals surface area (Å²) in [6.07, 6.45) is 0.328. The Morgan fingerprint density at radius 3 is 2.33 bits per heavy atom. The predicted molar refractivity (Wildman–Crippen MR) is 118 cm³/mol. The standard InChI is InChI=1S/C24H31N3O3/c1-3-30-22-10-8-21(9-11-22)24(29)27(18-20-6-4-19(2)5-7-20)15-12-23(28)26-16-13-25-14-17-26/h4-11,25H,3,12-18H2,1-2H3. The van der Waals surface area contributed by atoms with Crippen LogP contribution in [-0.4, -0.2) is 60.9 Å². The molecule has 0 saturated carbocycles. The number of carbonyl (C=O) groups is 2. The van der Waals surface area contributed by atoms with Crippen LogP contribution in [0.1, 0.15) is 34.8 Å². The third-order valence-corrected chi connectivity index (χ3v) is 5.26. The number of rotatable bonds is 8. The van der Waals surface area contributed by atoms with E-state index in [1.54, 1.807) is 17.0 Å². The Morgan fingerprint density at radius 1 is 1.03 bits per heavy atom. The van der Waals surface area contributed by atoms with Crippen LogP contribution in [0, 0.1) is 6.92 Å². The Morgan fingerprint density at radius 2 is 1.70 bits per heavy atom. The summed E-state index contributed by atoms with van der Waals surface area (Å²) in [5.41, 5.74) is 2.83. The van der Waals surface area contributed by atoms with Gasteiger partial charge < -0.3 is 19.9 Å². The molecule has 160 valence electrons. The highest BCUT2D eigenvalue weighted by Gasteiger charge is 2.21. The predicted octanol–water partition coefficient (Wildman–Crippen LogP) is 2.86. The van der Waals surface area contributed by atoms with Crippen molar-refractivity contribution in [3.05, 3.63) is 65.2 Å². The molecule has 0 unspecified atom stereocenters. The highest BCUT2D eigenvalue weighted by atomic mass is 16.5. The van der Waals surface area contributed by atoms with Gasteiger partial charge in [-0.3, -0.25) is 9.59 Å². The fourth-order valence-corrected chi connectivity index (χ4v) is 3.51. The van der Waals surface area contributed by atoms with Crippen molar-refractivity contribution in [3.8, 4) is 5.75 Å². The van der Waals surface area contributed by atoms with E-state index >= 15 is 0 Å². The maximum absolute atomic E-state index is 13.2. The molecule has 2 aromatic rings. The lowest BCUT2D eigenvalue weighted by atomic mass is 10.1. The average molecular weight is 410 g/mol. The summed E-state index contributed by atoms with van der Waals surface area (Å²) in [6, 6.07) is 15.3. The molecule has 1 N–H and O–H groups in total. The molecule has 2 amide bonds. The van der Waals surface area contributed by atoms with E-state index in [9.17, 15) is 9.59 Å². The monoisotopic (exact) mass is 409 g/mol. The third kappa shape index (κ3) is 6.07. The SMILES string of the molecule is CCOc1ccc(C(=O)N(CCC(=O)N2CCNCC2)Cc2ccc(C)cc2)cc1. The molecule has 0 aliphatic carbocycles. The molecule has 0 atom stereocenters. The first-order valence-corrected chi connectivity index (χ1v) is 10.6. The van der Waals surface area contributed by atoms with Crippen LogP contribution >= 0.6 is 0 Å². The summed E-state index contributed by atoms with van der Waals surface area (Å²) in [4.78, 5) is 29.5. The van der Waals surface area contributed by atoms with Gasteiger partial charge in [0.05, 0.1) is 6.61 Å². The van der Waals surface area contributed by atoms with Crippen LogP contribution in [0.5, 0.6) is 5.75 Å². The Kier molecular flexibility index (Phi) is 7.85. The maximum Gasteiger partial charge on any atom is 0.254 e. The number of aryl methyl sites for hydroxylation is 1. The van der Waals surface area contributed by atoms with E-state index in [0.717, 1.165) is 37.5 Å². The minimum Gasteiger partial charge on any atom is -0.494 e. The Hall–Kier alpha value is -2.86. The highest BCUT2D eigenvalue weighted by Crippen LogP contribution is 2.16. The molecular formula is C24H31N3O3. The molecule has 0 bridgehead atoms. The molecule has 1 heterocycles. The molecule has 6 heteroatoms. The molecule has 0 spiro atoms. The number of nitrogens with one attached hydrogen (secondary N) is 1. The second-order valence-electron chi connectivity index (χ2n) is 7.55. The zero-order valence-electron chi connectivity index (χ0n) is 17.9. The second-order valence-corrected chi connectivity index (χ2v) is 7.55. The van der Waals surface area contributed by atoms with Gasteiger partial charge >= 0.3 is 0 Å². The summed E-state index contributed by atoms with van der Waals surface area (Å²) in [7, 11) is 0. The molecule has 1 fully saturated rings. The molecule has 1 aliphatic heterocycles. The van der Waals surface area contributed by atoms with Crippen molar-refractivity contribution in [1.29, 1.82) is 0 Å². The molecule has 0 radical (unpaired) electrons. The maximum atomic E-state index is 13.2. The number of ether oxygens (including phenoxy) is 1. The Labute approximate surface area is 178 Å². The molecule has 30 heavy (non-hydrogen) atoms. The number of carbonyl (C=O) groups excluding carboxylic acids is 2. The summed E-state index contributed by atoms with van der Waals surface area (Å²) >= 11 is 0. The first kappa shape index (κ1) is 21.8. The van der Waals surface area contributed by atoms with Crippen molar-refractivity contribution in [3.63, 3.8) is 0 Å². The molecule has 0 aromatic heterocycles. The fourth-order valence-electron chi connectivity index (χ4n) is 3.51. The van der Waals surface area contributed by atoms with Crippen molar-refractivity contribution in [2.75, 3.05) is 39.3 Å². The van der Waals surface area contributed by atoms with E-state index < -0.39 is 0 Å². The van der Waals surface area contributed by atoms with Gasteiger partial charge in [0.1, 0.15) is 5.75 Å². The van der Waals surface area contributed by atoms with Crippen molar-refractivity contribution >= 4 is 11.8 Å². The Bertz CT molecular complexity index is 828. The van der Waals surface area contributed by atoms with Gasteiger partial charge in [0.25, 0.3) is 5.91 Å². The van der Waals surface area contributed by atoms with E-state index in [4.69, 9.17) is 4.74 Å². The van der Waals surface area contributed by atoms with Gasteiger partial charge in [0, 0.05) is 51.3 Å². The van der Waals surface area contributed by atoms with Crippen LogP contribution in [0.4, 0.5) is 0 Å². The molecule has 3 rings (SSSR count). The van der Waals surface area contributed by atoms with E-state index in [2.05, 4.69) is 5.32 Å². The lowest BCUT2D eigenvalue weighted by molar-refractivity contribution is -0.132. The average Bonchev–Trinajstić information content (AvgIpc) is 2.78. The molecule has 2 aromatic carbocycles. The van der Waals surface area contributed by atoms with Crippen molar-refractivity contribution < 1.29 is 14.3 Å². The summed E-state index contributed by atoms with van der Waals surface area (Å²) in [6.45, 7) is 8.52. The summed E-state index contributed by atoms with van der Waals surface area (Å²) in [5, 5.41) is 3.26. The number of benzene rings is 2. The minimum atomic E-state index is -0.0771. The summed E-state index contributed by atoms with van der Waals surface area (Å²) in [5.74, 6) is 0.768. The quantitative estimate of drug-likeness (QED) is 0.728. The van der Waals surface area contributed by atoms with Gasteiger partial charge in [0.2, 0.25) is 5.91 Å². The van der Waals surface area contributed by atoms with Crippen LogP contribution in [0.2, 0.25) is 0 Å². The lowest BCUT2D eigenvalue weighted by Gasteiger charge is -2.29. The number of hydrogen-bond donors (Lipinski definition) is 1. The van der Waals surface area contributed by atoms with Crippen LogP contribution in [0.25, 0.3) is 0 Å². The highest BCUT2D eigenvalue weighted by molar-refractivity contribution is 5.94. The van der Waals surface area contributed by atoms with Gasteiger partial charge in [-0.2, -0.15) is 0 Å². The van der Waals surface area contributed by atoms with Gasteiger partial charge in [-0.15, -0.1) is 0 Å². The van der Waals surface area contributed by atoms with E-state index in [1.807, 2.05) is 55.1 Å². The van der Waals surface area contributed by atoms with Crippen LogP contribution < -0.4 is 10.1 Å². The lowest BCUT2D eigenvalue weighted by Crippen LogP contribution is -2.47. The smallest absolute Gasteiger partial charge is 0.254 e. The minimum absolute atomic E-state index is 0.0771. The van der Waals surface area contributed by atoms with Gasteiger partial charge in [-0.05, 0) is 43.7 Å². The molecule has 1 aliphatic rings. The zero-order chi connectivity index (χ0) is 21.3. The largest absolute Gasteiger partial charge is 0.494 e. The fraction of sp³-hybridized carbons (Fsp3) is 0.417. The van der Waals surface area contributed by atoms with Crippen molar-refractivity contribution in [2.24, 2.45) is 0 Å². The number of nitrogens with zero attached hydrogens (tertiary/aromatic N) is 2. The number of hydrogen-bond acceptors (Lipinski definition) is 4. The molecule has 6 nitrogen and oxygen atoms in total. The van der Waals surface area contributed by atoms with E-state index in [-0.39, 0.29) is 11.8 Å². The normalized spacial score (nSPS) is 13.7. The van der Waals surface area contributed by atoms with Crippen LogP contribution in [0.3, 0.4) is 0 Å².